The Hall–Kier alpha value is -2.12. The van der Waals surface area contributed by atoms with Crippen molar-refractivity contribution >= 4 is 10.8 Å². The van der Waals surface area contributed by atoms with E-state index in [1.807, 2.05) is 0 Å². The van der Waals surface area contributed by atoms with Crippen molar-refractivity contribution in [2.45, 2.75) is 19.9 Å². The van der Waals surface area contributed by atoms with Crippen LogP contribution in [0.1, 0.15) is 25.5 Å². The van der Waals surface area contributed by atoms with Crippen molar-refractivity contribution in [2.75, 3.05) is 6.54 Å². The molecule has 1 unspecified atom stereocenters. The summed E-state index contributed by atoms with van der Waals surface area (Å²) in [5, 5.41) is 6.09. The van der Waals surface area contributed by atoms with Crippen molar-refractivity contribution in [3.8, 4) is 11.1 Å². The van der Waals surface area contributed by atoms with E-state index in [4.69, 9.17) is 0 Å². The molecule has 3 aromatic carbocycles. The monoisotopic (exact) mass is 275 g/mol. The van der Waals surface area contributed by atoms with Gasteiger partial charge in [-0.15, -0.1) is 0 Å². The lowest BCUT2D eigenvalue weighted by Gasteiger charge is -2.17. The molecule has 0 heterocycles. The maximum atomic E-state index is 3.51. The Kier molecular flexibility index (Phi) is 4.03. The number of hydrogen-bond acceptors (Lipinski definition) is 1. The molecule has 0 aromatic heterocycles. The Morgan fingerprint density at radius 1 is 0.857 bits per heavy atom. The topological polar surface area (TPSA) is 12.0 Å². The number of nitrogens with one attached hydrogen (secondary N) is 1. The molecule has 1 nitrogen and oxygen atoms in total. The van der Waals surface area contributed by atoms with Crippen LogP contribution >= 0.6 is 0 Å². The summed E-state index contributed by atoms with van der Waals surface area (Å²) in [6.07, 6.45) is 0. The molecule has 3 aromatic rings. The molecule has 0 spiro atoms. The summed E-state index contributed by atoms with van der Waals surface area (Å²) in [4.78, 5) is 0. The largest absolute Gasteiger partial charge is 0.310 e. The minimum atomic E-state index is 0.359. The second-order valence-corrected chi connectivity index (χ2v) is 5.43. The molecule has 0 amide bonds. The Labute approximate surface area is 126 Å². The van der Waals surface area contributed by atoms with Gasteiger partial charge in [0.15, 0.2) is 0 Å². The fourth-order valence-electron chi connectivity index (χ4n) is 2.91. The standard InChI is InChI=1S/C20H21N/c1-3-21-15(2)19-10-6-7-11-20(19)18-13-12-16-8-4-5-9-17(16)14-18/h4-15,21H,3H2,1-2H3. The van der Waals surface area contributed by atoms with E-state index in [0.29, 0.717) is 6.04 Å². The molecule has 0 aliphatic heterocycles. The van der Waals surface area contributed by atoms with E-state index >= 15 is 0 Å². The molecular formula is C20H21N. The van der Waals surface area contributed by atoms with Gasteiger partial charge in [0, 0.05) is 6.04 Å². The Morgan fingerprint density at radius 3 is 2.38 bits per heavy atom. The summed E-state index contributed by atoms with van der Waals surface area (Å²) in [7, 11) is 0. The third-order valence-electron chi connectivity index (χ3n) is 4.00. The average molecular weight is 275 g/mol. The lowest BCUT2D eigenvalue weighted by Crippen LogP contribution is -2.18. The molecule has 0 aliphatic rings. The van der Waals surface area contributed by atoms with Gasteiger partial charge in [-0.1, -0.05) is 67.6 Å². The lowest BCUT2D eigenvalue weighted by atomic mass is 9.94. The first kappa shape index (κ1) is 13.8. The van der Waals surface area contributed by atoms with Gasteiger partial charge in [-0.2, -0.15) is 0 Å². The third kappa shape index (κ3) is 2.84. The molecule has 1 N–H and O–H groups in total. The smallest absolute Gasteiger partial charge is 0.0297 e. The zero-order valence-corrected chi connectivity index (χ0v) is 12.6. The molecule has 106 valence electrons. The first-order chi connectivity index (χ1) is 10.3. The first-order valence-electron chi connectivity index (χ1n) is 7.61. The van der Waals surface area contributed by atoms with Gasteiger partial charge in [0.2, 0.25) is 0 Å². The van der Waals surface area contributed by atoms with Crippen LogP contribution < -0.4 is 5.32 Å². The van der Waals surface area contributed by atoms with Crippen LogP contribution in [0.25, 0.3) is 21.9 Å². The van der Waals surface area contributed by atoms with Crippen LogP contribution in [-0.2, 0) is 0 Å². The summed E-state index contributed by atoms with van der Waals surface area (Å²) in [6.45, 7) is 5.35. The molecule has 0 bridgehead atoms. The highest BCUT2D eigenvalue weighted by molar-refractivity contribution is 5.87. The predicted octanol–water partition coefficient (Wildman–Crippen LogP) is 5.18. The number of hydrogen-bond donors (Lipinski definition) is 1. The molecule has 21 heavy (non-hydrogen) atoms. The molecule has 0 saturated carbocycles. The molecule has 0 saturated heterocycles. The zero-order chi connectivity index (χ0) is 14.7. The van der Waals surface area contributed by atoms with Crippen LogP contribution in [0.3, 0.4) is 0 Å². The van der Waals surface area contributed by atoms with Gasteiger partial charge in [-0.05, 0) is 47.0 Å². The molecule has 0 aliphatic carbocycles. The molecular weight excluding hydrogens is 254 g/mol. The Morgan fingerprint density at radius 2 is 1.57 bits per heavy atom. The van der Waals surface area contributed by atoms with Gasteiger partial charge in [-0.3, -0.25) is 0 Å². The minimum absolute atomic E-state index is 0.359. The maximum Gasteiger partial charge on any atom is 0.0297 e. The Balaban J connectivity index is 2.09. The summed E-state index contributed by atoms with van der Waals surface area (Å²) in [5.41, 5.74) is 3.96. The average Bonchev–Trinajstić information content (AvgIpc) is 2.54. The van der Waals surface area contributed by atoms with Crippen molar-refractivity contribution in [2.24, 2.45) is 0 Å². The maximum absolute atomic E-state index is 3.51. The SMILES string of the molecule is CCNC(C)c1ccccc1-c1ccc2ccccc2c1. The second-order valence-electron chi connectivity index (χ2n) is 5.43. The summed E-state index contributed by atoms with van der Waals surface area (Å²) < 4.78 is 0. The van der Waals surface area contributed by atoms with E-state index in [1.54, 1.807) is 0 Å². The van der Waals surface area contributed by atoms with Crippen molar-refractivity contribution in [3.05, 3.63) is 72.3 Å². The summed E-state index contributed by atoms with van der Waals surface area (Å²) in [5.74, 6) is 0. The summed E-state index contributed by atoms with van der Waals surface area (Å²) in [6, 6.07) is 24.3. The van der Waals surface area contributed by atoms with E-state index in [-0.39, 0.29) is 0 Å². The van der Waals surface area contributed by atoms with Gasteiger partial charge in [0.1, 0.15) is 0 Å². The van der Waals surface area contributed by atoms with Gasteiger partial charge in [-0.25, -0.2) is 0 Å². The van der Waals surface area contributed by atoms with Crippen molar-refractivity contribution in [3.63, 3.8) is 0 Å². The third-order valence-corrected chi connectivity index (χ3v) is 4.00. The highest BCUT2D eigenvalue weighted by atomic mass is 14.9. The van der Waals surface area contributed by atoms with Gasteiger partial charge >= 0.3 is 0 Å². The fourth-order valence-corrected chi connectivity index (χ4v) is 2.91. The van der Waals surface area contributed by atoms with E-state index in [0.717, 1.165) is 6.54 Å². The lowest BCUT2D eigenvalue weighted by molar-refractivity contribution is 0.599. The van der Waals surface area contributed by atoms with Crippen LogP contribution in [0, 0.1) is 0 Å². The highest BCUT2D eigenvalue weighted by Gasteiger charge is 2.10. The molecule has 0 fully saturated rings. The van der Waals surface area contributed by atoms with E-state index in [1.165, 1.54) is 27.5 Å². The van der Waals surface area contributed by atoms with Gasteiger partial charge in [0.25, 0.3) is 0 Å². The Bertz CT molecular complexity index is 745. The van der Waals surface area contributed by atoms with E-state index in [9.17, 15) is 0 Å². The molecule has 3 rings (SSSR count). The number of benzene rings is 3. The van der Waals surface area contributed by atoms with Crippen LogP contribution in [0.5, 0.6) is 0 Å². The minimum Gasteiger partial charge on any atom is -0.310 e. The van der Waals surface area contributed by atoms with Gasteiger partial charge < -0.3 is 5.32 Å². The molecule has 1 atom stereocenters. The van der Waals surface area contributed by atoms with Crippen molar-refractivity contribution in [1.82, 2.24) is 5.32 Å². The van der Waals surface area contributed by atoms with Crippen LogP contribution in [-0.4, -0.2) is 6.54 Å². The van der Waals surface area contributed by atoms with Crippen LogP contribution in [0.15, 0.2) is 66.7 Å². The van der Waals surface area contributed by atoms with Gasteiger partial charge in [0.05, 0.1) is 0 Å². The highest BCUT2D eigenvalue weighted by Crippen LogP contribution is 2.30. The fraction of sp³-hybridized carbons (Fsp3) is 0.200. The van der Waals surface area contributed by atoms with Crippen LogP contribution in [0.4, 0.5) is 0 Å². The molecule has 1 heteroatoms. The van der Waals surface area contributed by atoms with Crippen LogP contribution in [0.2, 0.25) is 0 Å². The summed E-state index contributed by atoms with van der Waals surface area (Å²) >= 11 is 0. The van der Waals surface area contributed by atoms with E-state index < -0.39 is 0 Å². The zero-order valence-electron chi connectivity index (χ0n) is 12.6. The predicted molar refractivity (Wildman–Crippen MR) is 91.5 cm³/mol. The first-order valence-corrected chi connectivity index (χ1v) is 7.61. The van der Waals surface area contributed by atoms with Crippen molar-refractivity contribution in [1.29, 1.82) is 0 Å². The number of rotatable bonds is 4. The van der Waals surface area contributed by atoms with Crippen molar-refractivity contribution < 1.29 is 0 Å². The number of fused-ring (bicyclic) bond motifs is 1. The quantitative estimate of drug-likeness (QED) is 0.692. The van der Waals surface area contributed by atoms with E-state index in [2.05, 4.69) is 85.9 Å². The normalized spacial score (nSPS) is 12.5. The molecule has 0 radical (unpaired) electrons. The second kappa shape index (κ2) is 6.11.